The van der Waals surface area contributed by atoms with Crippen LogP contribution in [0.1, 0.15) is 27.2 Å². The molecule has 5 heteroatoms. The lowest BCUT2D eigenvalue weighted by Gasteiger charge is -2.30. The third-order valence-corrected chi connectivity index (χ3v) is 3.41. The summed E-state index contributed by atoms with van der Waals surface area (Å²) < 4.78 is 13.0. The Morgan fingerprint density at radius 2 is 2.14 bits per heavy atom. The van der Waals surface area contributed by atoms with E-state index in [-0.39, 0.29) is 17.1 Å². The Kier molecular flexibility index (Phi) is 6.78. The molecule has 0 aliphatic heterocycles. The molecule has 0 aliphatic carbocycles. The molecule has 0 saturated heterocycles. The average molecular weight is 295 g/mol. The fourth-order valence-corrected chi connectivity index (χ4v) is 2.07. The molecule has 0 spiro atoms. The van der Waals surface area contributed by atoms with Crippen molar-refractivity contribution in [1.82, 2.24) is 4.90 Å². The Morgan fingerprint density at radius 3 is 2.71 bits per heavy atom. The highest BCUT2D eigenvalue weighted by molar-refractivity contribution is 5.90. The molecule has 0 radical (unpaired) electrons. The number of hydrogen-bond donors (Lipinski definition) is 2. The molecule has 1 aromatic carbocycles. The minimum absolute atomic E-state index is 0.0368. The van der Waals surface area contributed by atoms with Gasteiger partial charge in [-0.1, -0.05) is 26.8 Å². The molecule has 1 aromatic rings. The van der Waals surface area contributed by atoms with Crippen LogP contribution >= 0.6 is 0 Å². The van der Waals surface area contributed by atoms with Gasteiger partial charge in [-0.05, 0) is 36.7 Å². The highest BCUT2D eigenvalue weighted by atomic mass is 19.1. The number of nitrogens with two attached hydrogens (primary N) is 1. The molecule has 1 rings (SSSR count). The van der Waals surface area contributed by atoms with Gasteiger partial charge in [0.05, 0.1) is 0 Å². The van der Waals surface area contributed by atoms with Crippen molar-refractivity contribution in [3.8, 4) is 0 Å². The van der Waals surface area contributed by atoms with E-state index in [2.05, 4.69) is 31.0 Å². The number of halogens is 1. The third-order valence-electron chi connectivity index (χ3n) is 3.41. The second-order valence-corrected chi connectivity index (χ2v) is 6.05. The van der Waals surface area contributed by atoms with Crippen molar-refractivity contribution >= 4 is 11.6 Å². The number of amides is 1. The highest BCUT2D eigenvalue weighted by Gasteiger charge is 2.19. The van der Waals surface area contributed by atoms with Crippen molar-refractivity contribution < 1.29 is 9.18 Å². The third kappa shape index (κ3) is 6.69. The van der Waals surface area contributed by atoms with Crippen LogP contribution < -0.4 is 11.1 Å². The number of rotatable bonds is 8. The first-order valence-corrected chi connectivity index (χ1v) is 7.34. The second kappa shape index (κ2) is 8.10. The van der Waals surface area contributed by atoms with E-state index in [0.29, 0.717) is 25.2 Å². The first kappa shape index (κ1) is 17.6. The van der Waals surface area contributed by atoms with Crippen molar-refractivity contribution in [2.24, 2.45) is 11.1 Å². The van der Waals surface area contributed by atoms with Crippen LogP contribution in [-0.2, 0) is 4.79 Å². The first-order chi connectivity index (χ1) is 9.86. The molecule has 0 aliphatic rings. The van der Waals surface area contributed by atoms with E-state index in [1.54, 1.807) is 12.1 Å². The Balaban J connectivity index is 2.44. The second-order valence-electron chi connectivity index (χ2n) is 6.05. The summed E-state index contributed by atoms with van der Waals surface area (Å²) in [4.78, 5) is 14.1. The molecular weight excluding hydrogens is 269 g/mol. The van der Waals surface area contributed by atoms with Crippen LogP contribution in [0, 0.1) is 11.2 Å². The largest absolute Gasteiger partial charge is 0.330 e. The van der Waals surface area contributed by atoms with Crippen LogP contribution in [0.5, 0.6) is 0 Å². The summed E-state index contributed by atoms with van der Waals surface area (Å²) in [6.07, 6.45) is 0.380. The van der Waals surface area contributed by atoms with Crippen LogP contribution in [0.2, 0.25) is 0 Å². The zero-order chi connectivity index (χ0) is 15.9. The normalized spacial score (nSPS) is 11.7. The standard InChI is InChI=1S/C16H26FN3O/c1-4-20(12-16(2,3)11-18)9-8-15(21)19-14-7-5-6-13(17)10-14/h5-7,10H,4,8-9,11-12,18H2,1-3H3,(H,19,21). The minimum atomic E-state index is -0.354. The van der Waals surface area contributed by atoms with Crippen molar-refractivity contribution in [1.29, 1.82) is 0 Å². The minimum Gasteiger partial charge on any atom is -0.330 e. The van der Waals surface area contributed by atoms with Crippen LogP contribution in [0.3, 0.4) is 0 Å². The fourth-order valence-electron chi connectivity index (χ4n) is 2.07. The Hall–Kier alpha value is -1.46. The van der Waals surface area contributed by atoms with E-state index in [1.165, 1.54) is 12.1 Å². The molecule has 0 heterocycles. The van der Waals surface area contributed by atoms with E-state index < -0.39 is 0 Å². The van der Waals surface area contributed by atoms with Gasteiger partial charge in [-0.15, -0.1) is 0 Å². The molecule has 0 saturated carbocycles. The number of hydrogen-bond acceptors (Lipinski definition) is 3. The van der Waals surface area contributed by atoms with Gasteiger partial charge in [0, 0.05) is 25.2 Å². The van der Waals surface area contributed by atoms with Gasteiger partial charge in [-0.2, -0.15) is 0 Å². The summed E-state index contributed by atoms with van der Waals surface area (Å²) in [7, 11) is 0. The van der Waals surface area contributed by atoms with E-state index >= 15 is 0 Å². The maximum absolute atomic E-state index is 13.0. The maximum atomic E-state index is 13.0. The summed E-state index contributed by atoms with van der Waals surface area (Å²) in [6.45, 7) is 9.30. The molecule has 4 nitrogen and oxygen atoms in total. The quantitative estimate of drug-likeness (QED) is 0.774. The van der Waals surface area contributed by atoms with Crippen LogP contribution in [0.25, 0.3) is 0 Å². The molecule has 0 bridgehead atoms. The highest BCUT2D eigenvalue weighted by Crippen LogP contribution is 2.15. The molecule has 0 fully saturated rings. The number of carbonyl (C=O) groups is 1. The van der Waals surface area contributed by atoms with Gasteiger partial charge in [0.2, 0.25) is 5.91 Å². The first-order valence-electron chi connectivity index (χ1n) is 7.34. The molecular formula is C16H26FN3O. The van der Waals surface area contributed by atoms with Crippen LogP contribution in [0.15, 0.2) is 24.3 Å². The van der Waals surface area contributed by atoms with Crippen molar-refractivity contribution in [2.45, 2.75) is 27.2 Å². The number of anilines is 1. The van der Waals surface area contributed by atoms with Gasteiger partial charge >= 0.3 is 0 Å². The number of nitrogens with one attached hydrogen (secondary N) is 1. The van der Waals surface area contributed by atoms with Crippen molar-refractivity contribution in [3.63, 3.8) is 0 Å². The van der Waals surface area contributed by atoms with Crippen molar-refractivity contribution in [2.75, 3.05) is 31.5 Å². The fraction of sp³-hybridized carbons (Fsp3) is 0.562. The molecule has 0 unspecified atom stereocenters. The van der Waals surface area contributed by atoms with Gasteiger partial charge in [0.15, 0.2) is 0 Å². The topological polar surface area (TPSA) is 58.4 Å². The predicted octanol–water partition coefficient (Wildman–Crippen LogP) is 2.46. The number of carbonyl (C=O) groups excluding carboxylic acids is 1. The van der Waals surface area contributed by atoms with Crippen LogP contribution in [-0.4, -0.2) is 37.0 Å². The predicted molar refractivity (Wildman–Crippen MR) is 84.6 cm³/mol. The Morgan fingerprint density at radius 1 is 1.43 bits per heavy atom. The summed E-state index contributed by atoms with van der Waals surface area (Å²) in [6, 6.07) is 5.92. The SMILES string of the molecule is CCN(CCC(=O)Nc1cccc(F)c1)CC(C)(C)CN. The molecule has 0 atom stereocenters. The van der Waals surface area contributed by atoms with Gasteiger partial charge in [0.25, 0.3) is 0 Å². The van der Waals surface area contributed by atoms with E-state index in [9.17, 15) is 9.18 Å². The van der Waals surface area contributed by atoms with Crippen LogP contribution in [0.4, 0.5) is 10.1 Å². The summed E-state index contributed by atoms with van der Waals surface area (Å²) in [5, 5.41) is 2.71. The van der Waals surface area contributed by atoms with Gasteiger partial charge in [-0.25, -0.2) is 4.39 Å². The zero-order valence-corrected chi connectivity index (χ0v) is 13.2. The Labute approximate surface area is 126 Å². The zero-order valence-electron chi connectivity index (χ0n) is 13.2. The van der Waals surface area contributed by atoms with Gasteiger partial charge in [0.1, 0.15) is 5.82 Å². The lowest BCUT2D eigenvalue weighted by Crippen LogP contribution is -2.39. The maximum Gasteiger partial charge on any atom is 0.225 e. The lowest BCUT2D eigenvalue weighted by atomic mass is 9.93. The van der Waals surface area contributed by atoms with Gasteiger partial charge in [-0.3, -0.25) is 4.79 Å². The molecule has 1 amide bonds. The summed E-state index contributed by atoms with van der Waals surface area (Å²) in [5.41, 5.74) is 6.27. The smallest absolute Gasteiger partial charge is 0.225 e. The number of benzene rings is 1. The summed E-state index contributed by atoms with van der Waals surface area (Å²) >= 11 is 0. The van der Waals surface area contributed by atoms with Crippen molar-refractivity contribution in [3.05, 3.63) is 30.1 Å². The number of nitrogens with zero attached hydrogens (tertiary/aromatic N) is 1. The van der Waals surface area contributed by atoms with Gasteiger partial charge < -0.3 is 16.0 Å². The molecule has 0 aromatic heterocycles. The van der Waals surface area contributed by atoms with E-state index in [4.69, 9.17) is 5.73 Å². The van der Waals surface area contributed by atoms with E-state index in [1.807, 2.05) is 0 Å². The molecule has 21 heavy (non-hydrogen) atoms. The average Bonchev–Trinajstić information content (AvgIpc) is 2.43. The van der Waals surface area contributed by atoms with E-state index in [0.717, 1.165) is 13.1 Å². The Bertz CT molecular complexity index is 463. The monoisotopic (exact) mass is 295 g/mol. The molecule has 3 N–H and O–H groups in total. The summed E-state index contributed by atoms with van der Waals surface area (Å²) in [5.74, 6) is -0.461. The molecule has 118 valence electrons. The lowest BCUT2D eigenvalue weighted by molar-refractivity contribution is -0.116.